The maximum Gasteiger partial charge on any atom is 0.355 e. The second kappa shape index (κ2) is 10.1. The summed E-state index contributed by atoms with van der Waals surface area (Å²) < 4.78 is 5.67. The van der Waals surface area contributed by atoms with Gasteiger partial charge >= 0.3 is 11.9 Å². The van der Waals surface area contributed by atoms with Crippen LogP contribution in [0.5, 0.6) is 0 Å². The molecule has 9 N–H and O–H groups in total. The van der Waals surface area contributed by atoms with Gasteiger partial charge in [0.2, 0.25) is 5.95 Å². The SMILES string of the molecule is COC(=O)c1cc(C(=O)O)nc2c(N)nc(N)n12.Nc1c(Nc2cccc(CNCl)c2)c(=O)c1=O. The number of nitrogens with two attached hydrogens (primary N) is 3. The summed E-state index contributed by atoms with van der Waals surface area (Å²) in [6.45, 7) is 0.498. The Hall–Kier alpha value is -4.69. The molecular weight excluding hydrogens is 484 g/mol. The number of aromatic carboxylic acids is 1. The van der Waals surface area contributed by atoms with Crippen molar-refractivity contribution in [2.75, 3.05) is 29.6 Å². The number of rotatable bonds is 6. The number of hydrogen-bond donors (Lipinski definition) is 6. The fourth-order valence-corrected chi connectivity index (χ4v) is 3.16. The van der Waals surface area contributed by atoms with Crippen LogP contribution in [0.3, 0.4) is 0 Å². The number of nitrogen functional groups attached to an aromatic ring is 3. The maximum atomic E-state index is 11.6. The number of fused-ring (bicyclic) bond motifs is 1. The van der Waals surface area contributed by atoms with Crippen LogP contribution in [-0.2, 0) is 11.3 Å². The zero-order valence-electron chi connectivity index (χ0n) is 18.0. The van der Waals surface area contributed by atoms with Gasteiger partial charge in [0.1, 0.15) is 17.1 Å². The molecule has 2 aromatic heterocycles. The first-order valence-corrected chi connectivity index (χ1v) is 10.0. The highest BCUT2D eigenvalue weighted by Crippen LogP contribution is 2.20. The fourth-order valence-electron chi connectivity index (χ4n) is 3.01. The normalized spacial score (nSPS) is 10.6. The van der Waals surface area contributed by atoms with E-state index in [1.165, 1.54) is 0 Å². The zero-order valence-corrected chi connectivity index (χ0v) is 18.8. The van der Waals surface area contributed by atoms with Gasteiger partial charge in [0.15, 0.2) is 17.2 Å². The molecule has 0 saturated carbocycles. The third kappa shape index (κ3) is 4.97. The summed E-state index contributed by atoms with van der Waals surface area (Å²) in [5.74, 6) is -2.22. The summed E-state index contributed by atoms with van der Waals surface area (Å²) in [7, 11) is 1.16. The smallest absolute Gasteiger partial charge is 0.355 e. The van der Waals surface area contributed by atoms with Gasteiger partial charge < -0.3 is 32.4 Å². The Balaban J connectivity index is 0.000000196. The van der Waals surface area contributed by atoms with Gasteiger partial charge in [0, 0.05) is 18.3 Å². The molecule has 14 nitrogen and oxygen atoms in total. The summed E-state index contributed by atoms with van der Waals surface area (Å²) in [4.78, 5) is 54.6. The van der Waals surface area contributed by atoms with Crippen molar-refractivity contribution in [1.82, 2.24) is 19.2 Å². The number of nitrogens with zero attached hydrogens (tertiary/aromatic N) is 3. The number of carbonyl (C=O) groups is 2. The fraction of sp³-hybridized carbons (Fsp3) is 0.100. The topological polar surface area (TPSA) is 230 Å². The third-order valence-electron chi connectivity index (χ3n) is 4.67. The number of carboxylic acids is 1. The van der Waals surface area contributed by atoms with Crippen LogP contribution in [0.4, 0.5) is 28.8 Å². The lowest BCUT2D eigenvalue weighted by Crippen LogP contribution is -2.36. The van der Waals surface area contributed by atoms with Crippen LogP contribution in [-0.4, -0.2) is 38.5 Å². The highest BCUT2D eigenvalue weighted by Gasteiger charge is 2.21. The number of benzene rings is 1. The number of anilines is 5. The Morgan fingerprint density at radius 1 is 1.14 bits per heavy atom. The van der Waals surface area contributed by atoms with Crippen LogP contribution in [0.1, 0.15) is 26.5 Å². The van der Waals surface area contributed by atoms with Gasteiger partial charge in [-0.3, -0.25) is 14.0 Å². The molecule has 0 saturated heterocycles. The predicted molar refractivity (Wildman–Crippen MR) is 128 cm³/mol. The number of carbonyl (C=O) groups excluding carboxylic acids is 1. The number of carboxylic acid groups (broad SMARTS) is 1. The standard InChI is InChI=1S/C11H10ClN3O2.C9H9N5O4/c12-14-5-6-2-1-3-7(4-6)15-9-8(13)10(16)11(9)17;1-18-8(17)4-2-3(7(15)16)12-6-5(10)13-9(11)14(4)6/h1-4,14-15H,5,13H2;2H,10H2,1H3,(H2,11,13)(H,15,16). The van der Waals surface area contributed by atoms with Crippen LogP contribution in [0, 0.1) is 0 Å². The lowest BCUT2D eigenvalue weighted by Gasteiger charge is -2.10. The average molecular weight is 503 g/mol. The van der Waals surface area contributed by atoms with Crippen molar-refractivity contribution in [2.24, 2.45) is 0 Å². The van der Waals surface area contributed by atoms with E-state index in [-0.39, 0.29) is 40.2 Å². The van der Waals surface area contributed by atoms with Crippen molar-refractivity contribution in [3.8, 4) is 0 Å². The Bertz CT molecular complexity index is 1510. The van der Waals surface area contributed by atoms with Crippen molar-refractivity contribution >= 4 is 58.2 Å². The van der Waals surface area contributed by atoms with E-state index in [0.29, 0.717) is 12.2 Å². The Kier molecular flexibility index (Phi) is 7.17. The summed E-state index contributed by atoms with van der Waals surface area (Å²) in [5, 5.41) is 11.7. The number of imidazole rings is 1. The van der Waals surface area contributed by atoms with Crippen molar-refractivity contribution < 1.29 is 19.4 Å². The van der Waals surface area contributed by atoms with Gasteiger partial charge in [-0.15, -0.1) is 0 Å². The number of hydrogen-bond acceptors (Lipinski definition) is 12. The number of methoxy groups -OCH3 is 1. The van der Waals surface area contributed by atoms with E-state index in [9.17, 15) is 19.2 Å². The van der Waals surface area contributed by atoms with Crippen LogP contribution < -0.4 is 38.2 Å². The summed E-state index contributed by atoms with van der Waals surface area (Å²) >= 11 is 5.40. The second-order valence-electron chi connectivity index (χ2n) is 6.92. The van der Waals surface area contributed by atoms with Crippen molar-refractivity contribution in [2.45, 2.75) is 6.54 Å². The number of halogens is 1. The molecule has 15 heteroatoms. The highest BCUT2D eigenvalue weighted by molar-refractivity contribution is 6.13. The molecule has 4 rings (SSSR count). The first-order valence-electron chi connectivity index (χ1n) is 9.63. The molecule has 0 spiro atoms. The van der Waals surface area contributed by atoms with Gasteiger partial charge in [-0.05, 0) is 29.5 Å². The quantitative estimate of drug-likeness (QED) is 0.118. The molecule has 0 atom stereocenters. The molecule has 0 radical (unpaired) electrons. The van der Waals surface area contributed by atoms with E-state index in [0.717, 1.165) is 23.1 Å². The zero-order chi connectivity index (χ0) is 25.9. The van der Waals surface area contributed by atoms with Gasteiger partial charge in [0.25, 0.3) is 10.9 Å². The molecule has 182 valence electrons. The van der Waals surface area contributed by atoms with Crippen molar-refractivity contribution in [3.05, 3.63) is 67.7 Å². The van der Waals surface area contributed by atoms with Gasteiger partial charge in [0.05, 0.1) is 7.11 Å². The van der Waals surface area contributed by atoms with Gasteiger partial charge in [-0.2, -0.15) is 4.98 Å². The van der Waals surface area contributed by atoms with E-state index in [4.69, 9.17) is 34.1 Å². The molecule has 0 bridgehead atoms. The Labute approximate surface area is 201 Å². The minimum absolute atomic E-state index is 0.00667. The molecule has 2 aromatic carbocycles. The van der Waals surface area contributed by atoms with Crippen LogP contribution >= 0.6 is 11.8 Å². The Morgan fingerprint density at radius 3 is 2.46 bits per heavy atom. The lowest BCUT2D eigenvalue weighted by atomic mass is 10.1. The van der Waals surface area contributed by atoms with E-state index in [1.807, 2.05) is 18.2 Å². The maximum absolute atomic E-state index is 11.6. The summed E-state index contributed by atoms with van der Waals surface area (Å²) in [6.07, 6.45) is 0. The number of aromatic nitrogens is 3. The average Bonchev–Trinajstić information content (AvgIpc) is 3.14. The number of ether oxygens (including phenoxy) is 1. The predicted octanol–water partition coefficient (Wildman–Crippen LogP) is 0.230. The van der Waals surface area contributed by atoms with E-state index in [2.05, 4.69) is 24.9 Å². The molecule has 35 heavy (non-hydrogen) atoms. The highest BCUT2D eigenvalue weighted by atomic mass is 35.5. The largest absolute Gasteiger partial charge is 0.477 e. The van der Waals surface area contributed by atoms with Crippen molar-refractivity contribution in [1.29, 1.82) is 0 Å². The molecule has 0 aliphatic heterocycles. The second-order valence-corrected chi connectivity index (χ2v) is 7.19. The van der Waals surface area contributed by atoms with Crippen molar-refractivity contribution in [3.63, 3.8) is 0 Å². The first kappa shape index (κ1) is 24.9. The lowest BCUT2D eigenvalue weighted by molar-refractivity contribution is 0.0592. The van der Waals surface area contributed by atoms with E-state index >= 15 is 0 Å². The minimum atomic E-state index is -1.30. The molecule has 0 aliphatic carbocycles. The summed E-state index contributed by atoms with van der Waals surface area (Å²) in [5.41, 5.74) is 16.6. The Morgan fingerprint density at radius 2 is 1.86 bits per heavy atom. The molecule has 2 heterocycles. The van der Waals surface area contributed by atoms with E-state index < -0.39 is 22.8 Å². The minimum Gasteiger partial charge on any atom is -0.477 e. The molecule has 0 unspecified atom stereocenters. The molecular formula is C20H19ClN8O6. The van der Waals surface area contributed by atoms with Crippen LogP contribution in [0.25, 0.3) is 5.65 Å². The molecule has 0 aliphatic rings. The van der Waals surface area contributed by atoms with Gasteiger partial charge in [-0.25, -0.2) is 19.4 Å². The van der Waals surface area contributed by atoms with Crippen LogP contribution in [0.15, 0.2) is 39.9 Å². The van der Waals surface area contributed by atoms with Gasteiger partial charge in [-0.1, -0.05) is 12.1 Å². The van der Waals surface area contributed by atoms with E-state index in [1.54, 1.807) is 6.07 Å². The van der Waals surface area contributed by atoms with Crippen LogP contribution in [0.2, 0.25) is 0 Å². The monoisotopic (exact) mass is 502 g/mol. The molecule has 0 amide bonds. The number of nitrogens with one attached hydrogen (secondary N) is 2. The molecule has 4 aromatic rings. The number of esters is 1. The molecule has 0 fully saturated rings. The third-order valence-corrected chi connectivity index (χ3v) is 4.81. The summed E-state index contributed by atoms with van der Waals surface area (Å²) in [6, 6.07) is 8.32. The first-order chi connectivity index (χ1) is 16.6.